The molecule has 0 saturated carbocycles. The molecule has 0 bridgehead atoms. The van der Waals surface area contributed by atoms with Crippen LogP contribution < -0.4 is 10.6 Å². The Morgan fingerprint density at radius 2 is 2.20 bits per heavy atom. The molecule has 2 aliphatic rings. The second-order valence-electron chi connectivity index (χ2n) is 6.37. The van der Waals surface area contributed by atoms with Crippen LogP contribution in [-0.4, -0.2) is 57.9 Å². The van der Waals surface area contributed by atoms with Gasteiger partial charge in [-0.15, -0.1) is 0 Å². The van der Waals surface area contributed by atoms with E-state index in [0.29, 0.717) is 0 Å². The highest BCUT2D eigenvalue weighted by atomic mass is 31.2. The first kappa shape index (κ1) is 20.3. The van der Waals surface area contributed by atoms with Crippen molar-refractivity contribution in [2.24, 2.45) is 11.8 Å². The zero-order valence-corrected chi connectivity index (χ0v) is 15.6. The number of rotatable bonds is 7. The lowest BCUT2D eigenvalue weighted by Crippen LogP contribution is -2.44. The van der Waals surface area contributed by atoms with Gasteiger partial charge in [0.2, 0.25) is 5.91 Å². The number of hydrogen-bond donors (Lipinski definition) is 2. The summed E-state index contributed by atoms with van der Waals surface area (Å²) in [6.45, 7) is 4.03. The second kappa shape index (κ2) is 9.64. The zero-order valence-electron chi connectivity index (χ0n) is 14.7. The Balaban J connectivity index is 1.82. The van der Waals surface area contributed by atoms with E-state index < -0.39 is 25.8 Å². The fourth-order valence-corrected chi connectivity index (χ4v) is 4.29. The van der Waals surface area contributed by atoms with Gasteiger partial charge in [-0.1, -0.05) is 6.92 Å². The van der Waals surface area contributed by atoms with E-state index >= 15 is 0 Å². The molecule has 0 aromatic rings. The van der Waals surface area contributed by atoms with Crippen molar-refractivity contribution in [2.75, 3.05) is 40.0 Å². The highest BCUT2D eigenvalue weighted by molar-refractivity contribution is 7.48. The van der Waals surface area contributed by atoms with Crippen LogP contribution in [0.2, 0.25) is 0 Å². The molecule has 2 aliphatic heterocycles. The quantitative estimate of drug-likeness (QED) is 0.495. The fourth-order valence-electron chi connectivity index (χ4n) is 2.70. The lowest BCUT2D eigenvalue weighted by molar-refractivity contribution is -0.141. The van der Waals surface area contributed by atoms with Gasteiger partial charge in [0.1, 0.15) is 0 Å². The van der Waals surface area contributed by atoms with Crippen molar-refractivity contribution in [3.8, 4) is 0 Å². The number of esters is 1. The van der Waals surface area contributed by atoms with Crippen LogP contribution in [-0.2, 0) is 32.5 Å². The van der Waals surface area contributed by atoms with Gasteiger partial charge >= 0.3 is 13.8 Å². The van der Waals surface area contributed by atoms with Crippen molar-refractivity contribution >= 4 is 19.7 Å². The van der Waals surface area contributed by atoms with Gasteiger partial charge in [0.15, 0.2) is 6.10 Å². The second-order valence-corrected chi connectivity index (χ2v) is 7.99. The maximum atomic E-state index is 12.6. The van der Waals surface area contributed by atoms with Crippen LogP contribution in [0, 0.1) is 11.8 Å². The molecule has 2 saturated heterocycles. The van der Waals surface area contributed by atoms with Crippen LogP contribution >= 0.6 is 7.82 Å². The fraction of sp³-hybridized carbons (Fsp3) is 0.867. The molecule has 10 heteroatoms. The Labute approximate surface area is 147 Å². The van der Waals surface area contributed by atoms with E-state index in [1.165, 1.54) is 7.11 Å². The van der Waals surface area contributed by atoms with Crippen molar-refractivity contribution in [3.63, 3.8) is 0 Å². The lowest BCUT2D eigenvalue weighted by atomic mass is 10.0. The molecule has 2 fully saturated rings. The summed E-state index contributed by atoms with van der Waals surface area (Å²) in [7, 11) is -2.48. The maximum absolute atomic E-state index is 12.6. The molecule has 9 nitrogen and oxygen atoms in total. The van der Waals surface area contributed by atoms with Crippen LogP contribution in [0.4, 0.5) is 0 Å². The monoisotopic (exact) mass is 378 g/mol. The summed E-state index contributed by atoms with van der Waals surface area (Å²) in [6.07, 6.45) is 1.15. The Kier molecular flexibility index (Phi) is 7.83. The first-order chi connectivity index (χ1) is 11.9. The van der Waals surface area contributed by atoms with Crippen LogP contribution in [0.5, 0.6) is 0 Å². The SMILES string of the molecule is COC(=O)CCNC(=O)[C@@H]1O[P@@](=O)(OCC2CCCNC2)OCC1C. The number of carbonyl (C=O) groups excluding carboxylic acids is 2. The molecule has 0 radical (unpaired) electrons. The third kappa shape index (κ3) is 6.34. The highest BCUT2D eigenvalue weighted by Gasteiger charge is 2.43. The molecule has 1 amide bonds. The van der Waals surface area contributed by atoms with Crippen molar-refractivity contribution < 1.29 is 32.5 Å². The number of nitrogens with one attached hydrogen (secondary N) is 2. The van der Waals surface area contributed by atoms with Crippen LogP contribution in [0.1, 0.15) is 26.2 Å². The van der Waals surface area contributed by atoms with Crippen molar-refractivity contribution in [2.45, 2.75) is 32.3 Å². The predicted octanol–water partition coefficient (Wildman–Crippen LogP) is 0.841. The van der Waals surface area contributed by atoms with Gasteiger partial charge in [0.05, 0.1) is 26.7 Å². The van der Waals surface area contributed by atoms with Gasteiger partial charge in [-0.05, 0) is 25.3 Å². The molecule has 25 heavy (non-hydrogen) atoms. The average Bonchev–Trinajstić information content (AvgIpc) is 2.63. The minimum Gasteiger partial charge on any atom is -0.469 e. The van der Waals surface area contributed by atoms with E-state index in [4.69, 9.17) is 13.6 Å². The maximum Gasteiger partial charge on any atom is 0.475 e. The number of ether oxygens (including phenoxy) is 1. The third-order valence-corrected chi connectivity index (χ3v) is 5.65. The molecule has 0 aliphatic carbocycles. The van der Waals surface area contributed by atoms with Gasteiger partial charge < -0.3 is 15.4 Å². The Morgan fingerprint density at radius 3 is 2.88 bits per heavy atom. The predicted molar refractivity (Wildman–Crippen MR) is 88.8 cm³/mol. The molecule has 2 unspecified atom stereocenters. The molecule has 144 valence electrons. The first-order valence-corrected chi connectivity index (χ1v) is 10.0. The van der Waals surface area contributed by atoms with Crippen LogP contribution in [0.3, 0.4) is 0 Å². The number of hydrogen-bond acceptors (Lipinski definition) is 8. The number of phosphoric acid groups is 1. The Hall–Kier alpha value is -0.990. The largest absolute Gasteiger partial charge is 0.475 e. The molecular formula is C15H27N2O7P. The third-order valence-electron chi connectivity index (χ3n) is 4.24. The minimum atomic E-state index is -3.76. The van der Waals surface area contributed by atoms with Crippen LogP contribution in [0.25, 0.3) is 0 Å². The number of amides is 1. The van der Waals surface area contributed by atoms with E-state index in [1.807, 2.05) is 0 Å². The molecule has 4 atom stereocenters. The van der Waals surface area contributed by atoms with Crippen LogP contribution in [0.15, 0.2) is 0 Å². The summed E-state index contributed by atoms with van der Waals surface area (Å²) in [5.41, 5.74) is 0. The van der Waals surface area contributed by atoms with Crippen molar-refractivity contribution in [3.05, 3.63) is 0 Å². The highest BCUT2D eigenvalue weighted by Crippen LogP contribution is 2.54. The number of piperidine rings is 1. The van der Waals surface area contributed by atoms with E-state index in [1.54, 1.807) is 6.92 Å². The summed E-state index contributed by atoms with van der Waals surface area (Å²) >= 11 is 0. The summed E-state index contributed by atoms with van der Waals surface area (Å²) < 4.78 is 33.2. The molecular weight excluding hydrogens is 351 g/mol. The number of methoxy groups -OCH3 is 1. The first-order valence-electron chi connectivity index (χ1n) is 8.56. The molecule has 2 heterocycles. The van der Waals surface area contributed by atoms with Gasteiger partial charge in [0.25, 0.3) is 0 Å². The molecule has 2 rings (SSSR count). The molecule has 0 spiro atoms. The smallest absolute Gasteiger partial charge is 0.469 e. The molecule has 0 aromatic carbocycles. The standard InChI is InChI=1S/C15H27N2O7P/c1-11-9-22-25(20,23-10-12-4-3-6-16-8-12)24-14(11)15(19)17-7-5-13(18)21-2/h11-12,14,16H,3-10H2,1-2H3,(H,17,19)/t11?,12?,14-,25-/m1/s1. The van der Waals surface area contributed by atoms with Gasteiger partial charge in [-0.2, -0.15) is 0 Å². The average molecular weight is 378 g/mol. The normalized spacial score (nSPS) is 32.8. The molecule has 2 N–H and O–H groups in total. The van der Waals surface area contributed by atoms with Gasteiger partial charge in [-0.25, -0.2) is 4.57 Å². The number of phosphoric ester groups is 1. The van der Waals surface area contributed by atoms with E-state index in [-0.39, 0.29) is 38.0 Å². The van der Waals surface area contributed by atoms with E-state index in [0.717, 1.165) is 25.9 Å². The topological polar surface area (TPSA) is 112 Å². The Bertz CT molecular complexity index is 510. The number of carbonyl (C=O) groups is 2. The summed E-state index contributed by atoms with van der Waals surface area (Å²) in [4.78, 5) is 23.3. The summed E-state index contributed by atoms with van der Waals surface area (Å²) in [6, 6.07) is 0. The Morgan fingerprint density at radius 1 is 1.40 bits per heavy atom. The van der Waals surface area contributed by atoms with Gasteiger partial charge in [0, 0.05) is 19.0 Å². The van der Waals surface area contributed by atoms with Crippen molar-refractivity contribution in [1.29, 1.82) is 0 Å². The van der Waals surface area contributed by atoms with Gasteiger partial charge in [-0.3, -0.25) is 23.2 Å². The summed E-state index contributed by atoms with van der Waals surface area (Å²) in [5.74, 6) is -0.891. The van der Waals surface area contributed by atoms with E-state index in [9.17, 15) is 14.2 Å². The zero-order chi connectivity index (χ0) is 18.3. The summed E-state index contributed by atoms with van der Waals surface area (Å²) in [5, 5.41) is 5.84. The molecule has 0 aromatic heterocycles. The van der Waals surface area contributed by atoms with E-state index in [2.05, 4.69) is 15.4 Å². The lowest BCUT2D eigenvalue weighted by Gasteiger charge is -2.33. The van der Waals surface area contributed by atoms with Crippen molar-refractivity contribution in [1.82, 2.24) is 10.6 Å². The minimum absolute atomic E-state index is 0.0582.